The third kappa shape index (κ3) is 5.45. The summed E-state index contributed by atoms with van der Waals surface area (Å²) in [6.07, 6.45) is 1.73. The Labute approximate surface area is 214 Å². The van der Waals surface area contributed by atoms with E-state index in [-0.39, 0.29) is 11.7 Å². The molecule has 6 nitrogen and oxygen atoms in total. The number of amides is 1. The van der Waals surface area contributed by atoms with Crippen molar-refractivity contribution < 1.29 is 18.7 Å². The molecule has 5 rings (SSSR count). The van der Waals surface area contributed by atoms with E-state index in [4.69, 9.17) is 14.5 Å². The number of carbonyl (C=O) groups is 1. The molecule has 0 N–H and O–H groups in total. The van der Waals surface area contributed by atoms with Crippen LogP contribution in [0.4, 0.5) is 15.8 Å². The molecule has 0 spiro atoms. The highest BCUT2D eigenvalue weighted by Crippen LogP contribution is 2.36. The summed E-state index contributed by atoms with van der Waals surface area (Å²) >= 11 is 1.29. The minimum atomic E-state index is -0.310. The molecule has 2 aliphatic heterocycles. The maximum atomic E-state index is 14.9. The molecule has 3 aromatic carbocycles. The molecule has 184 valence electrons. The Morgan fingerprint density at radius 2 is 1.81 bits per heavy atom. The smallest absolute Gasteiger partial charge is 0.267 e. The van der Waals surface area contributed by atoms with Gasteiger partial charge >= 0.3 is 0 Å². The summed E-state index contributed by atoms with van der Waals surface area (Å²) < 4.78 is 25.6. The molecule has 2 fully saturated rings. The quantitative estimate of drug-likeness (QED) is 0.417. The van der Waals surface area contributed by atoms with Crippen LogP contribution in [-0.2, 0) is 16.1 Å². The second-order valence-electron chi connectivity index (χ2n) is 8.39. The molecule has 0 bridgehead atoms. The largest absolute Gasteiger partial charge is 0.497 e. The Balaban J connectivity index is 1.43. The van der Waals surface area contributed by atoms with Gasteiger partial charge in [0, 0.05) is 13.1 Å². The molecule has 2 heterocycles. The summed E-state index contributed by atoms with van der Waals surface area (Å²) in [5.41, 5.74) is 2.89. The van der Waals surface area contributed by atoms with E-state index >= 15 is 0 Å². The Bertz CT molecular complexity index is 1290. The number of ether oxygens (including phenoxy) is 2. The first-order valence-electron chi connectivity index (χ1n) is 11.7. The van der Waals surface area contributed by atoms with Crippen LogP contribution in [-0.4, -0.2) is 49.4 Å². The molecule has 2 saturated heterocycles. The van der Waals surface area contributed by atoms with Crippen molar-refractivity contribution in [2.75, 3.05) is 38.3 Å². The summed E-state index contributed by atoms with van der Waals surface area (Å²) in [7, 11) is 1.62. The van der Waals surface area contributed by atoms with Crippen molar-refractivity contribution >= 4 is 40.3 Å². The number of thioether (sulfide) groups is 1. The number of hydrogen-bond acceptors (Lipinski definition) is 6. The van der Waals surface area contributed by atoms with E-state index in [1.165, 1.54) is 17.8 Å². The van der Waals surface area contributed by atoms with E-state index in [9.17, 15) is 9.18 Å². The molecule has 0 saturated carbocycles. The first-order chi connectivity index (χ1) is 17.6. The number of aliphatic imine (C=N–C) groups is 1. The molecular weight excluding hydrogens is 477 g/mol. The number of halogens is 1. The number of nitrogens with zero attached hydrogens (tertiary/aromatic N) is 3. The van der Waals surface area contributed by atoms with Crippen LogP contribution >= 0.6 is 11.8 Å². The normalized spacial score (nSPS) is 18.3. The lowest BCUT2D eigenvalue weighted by atomic mass is 10.1. The lowest BCUT2D eigenvalue weighted by molar-refractivity contribution is -0.122. The number of rotatable bonds is 6. The van der Waals surface area contributed by atoms with Crippen LogP contribution in [0.1, 0.15) is 11.1 Å². The zero-order valence-corrected chi connectivity index (χ0v) is 20.7. The summed E-state index contributed by atoms with van der Waals surface area (Å²) in [4.78, 5) is 22.3. The van der Waals surface area contributed by atoms with Gasteiger partial charge < -0.3 is 14.4 Å². The van der Waals surface area contributed by atoms with Crippen molar-refractivity contribution in [3.8, 4) is 5.75 Å². The monoisotopic (exact) mass is 503 g/mol. The van der Waals surface area contributed by atoms with Crippen LogP contribution < -0.4 is 9.64 Å². The molecule has 3 aromatic rings. The predicted octanol–water partition coefficient (Wildman–Crippen LogP) is 5.48. The molecule has 0 aromatic heterocycles. The average Bonchev–Trinajstić information content (AvgIpc) is 3.19. The fourth-order valence-electron chi connectivity index (χ4n) is 4.08. The number of carbonyl (C=O) groups excluding carboxylic acids is 1. The van der Waals surface area contributed by atoms with Crippen LogP contribution in [0.15, 0.2) is 82.7 Å². The third-order valence-corrected chi connectivity index (χ3v) is 7.00. The summed E-state index contributed by atoms with van der Waals surface area (Å²) in [6.45, 7) is 2.85. The average molecular weight is 504 g/mol. The minimum absolute atomic E-state index is 0.164. The highest BCUT2D eigenvalue weighted by molar-refractivity contribution is 8.18. The zero-order chi connectivity index (χ0) is 24.9. The van der Waals surface area contributed by atoms with E-state index in [1.54, 1.807) is 24.2 Å². The number of benzene rings is 3. The van der Waals surface area contributed by atoms with Gasteiger partial charge in [-0.3, -0.25) is 9.69 Å². The Kier molecular flexibility index (Phi) is 7.34. The van der Waals surface area contributed by atoms with Gasteiger partial charge in [-0.05, 0) is 65.4 Å². The van der Waals surface area contributed by atoms with E-state index < -0.39 is 0 Å². The fraction of sp³-hybridized carbons (Fsp3) is 0.214. The number of hydrogen-bond donors (Lipinski definition) is 0. The van der Waals surface area contributed by atoms with E-state index in [0.717, 1.165) is 17.0 Å². The maximum Gasteiger partial charge on any atom is 0.267 e. The van der Waals surface area contributed by atoms with E-state index in [1.807, 2.05) is 65.6 Å². The lowest BCUT2D eigenvalue weighted by Gasteiger charge is -2.29. The number of morpholine rings is 1. The van der Waals surface area contributed by atoms with E-state index in [2.05, 4.69) is 0 Å². The van der Waals surface area contributed by atoms with E-state index in [0.29, 0.717) is 54.2 Å². The lowest BCUT2D eigenvalue weighted by Crippen LogP contribution is -2.36. The van der Waals surface area contributed by atoms with Gasteiger partial charge in [0.05, 0.1) is 43.1 Å². The predicted molar refractivity (Wildman–Crippen MR) is 142 cm³/mol. The fourth-order valence-corrected chi connectivity index (χ4v) is 5.08. The van der Waals surface area contributed by atoms with Gasteiger partial charge in [-0.2, -0.15) is 0 Å². The van der Waals surface area contributed by atoms with Gasteiger partial charge in [-0.1, -0.05) is 36.4 Å². The van der Waals surface area contributed by atoms with Crippen LogP contribution in [0.2, 0.25) is 0 Å². The van der Waals surface area contributed by atoms with Crippen LogP contribution in [0.3, 0.4) is 0 Å². The van der Waals surface area contributed by atoms with Gasteiger partial charge in [0.1, 0.15) is 11.6 Å². The van der Waals surface area contributed by atoms with Gasteiger partial charge in [-0.15, -0.1) is 0 Å². The molecule has 8 heteroatoms. The molecule has 1 amide bonds. The summed E-state index contributed by atoms with van der Waals surface area (Å²) in [6, 6.07) is 22.2. The topological polar surface area (TPSA) is 54.4 Å². The molecule has 0 atom stereocenters. The second kappa shape index (κ2) is 11.0. The highest BCUT2D eigenvalue weighted by atomic mass is 32.2. The van der Waals surface area contributed by atoms with Gasteiger partial charge in [0.25, 0.3) is 5.91 Å². The van der Waals surface area contributed by atoms with Crippen molar-refractivity contribution in [1.29, 1.82) is 0 Å². The Morgan fingerprint density at radius 1 is 1.06 bits per heavy atom. The zero-order valence-electron chi connectivity index (χ0n) is 19.9. The first kappa shape index (κ1) is 24.1. The van der Waals surface area contributed by atoms with Crippen LogP contribution in [0.5, 0.6) is 5.75 Å². The van der Waals surface area contributed by atoms with Crippen molar-refractivity contribution in [3.05, 3.63) is 94.6 Å². The molecule has 0 radical (unpaired) electrons. The minimum Gasteiger partial charge on any atom is -0.497 e. The van der Waals surface area contributed by atoms with Crippen molar-refractivity contribution in [3.63, 3.8) is 0 Å². The maximum absolute atomic E-state index is 14.9. The molecule has 36 heavy (non-hydrogen) atoms. The molecule has 0 unspecified atom stereocenters. The summed E-state index contributed by atoms with van der Waals surface area (Å²) in [5.74, 6) is 0.278. The molecule has 2 aliphatic rings. The molecule has 0 aliphatic carbocycles. The Morgan fingerprint density at radius 3 is 2.50 bits per heavy atom. The SMILES string of the molecule is COc1ccc(CN2C(=O)/C(=C/c3ccc(N4CCOCC4)c(F)c3)SC2=Nc2ccccc2)cc1. The van der Waals surface area contributed by atoms with Gasteiger partial charge in [-0.25, -0.2) is 9.38 Å². The van der Waals surface area contributed by atoms with Crippen molar-refractivity contribution in [1.82, 2.24) is 4.90 Å². The standard InChI is InChI=1S/C28H26FN3O3S/c1-34-23-10-7-20(8-11-23)19-32-27(33)26(36-28(32)30-22-5-3-2-4-6-22)18-21-9-12-25(24(29)17-21)31-13-15-35-16-14-31/h2-12,17-18H,13-16,19H2,1H3/b26-18-,30-28?. The summed E-state index contributed by atoms with van der Waals surface area (Å²) in [5, 5.41) is 0.582. The van der Waals surface area contributed by atoms with Gasteiger partial charge in [0.2, 0.25) is 0 Å². The number of methoxy groups -OCH3 is 1. The molecular formula is C28H26FN3O3S. The Hall–Kier alpha value is -3.62. The van der Waals surface area contributed by atoms with Crippen molar-refractivity contribution in [2.24, 2.45) is 4.99 Å². The second-order valence-corrected chi connectivity index (χ2v) is 9.40. The van der Waals surface area contributed by atoms with Crippen molar-refractivity contribution in [2.45, 2.75) is 6.54 Å². The number of anilines is 1. The third-order valence-electron chi connectivity index (χ3n) is 5.99. The van der Waals surface area contributed by atoms with Gasteiger partial charge in [0.15, 0.2) is 5.17 Å². The van der Waals surface area contributed by atoms with Crippen LogP contribution in [0, 0.1) is 5.82 Å². The van der Waals surface area contributed by atoms with Crippen LogP contribution in [0.25, 0.3) is 6.08 Å². The highest BCUT2D eigenvalue weighted by Gasteiger charge is 2.33. The number of para-hydroxylation sites is 1. The number of amidine groups is 1. The first-order valence-corrected chi connectivity index (χ1v) is 12.5.